The summed E-state index contributed by atoms with van der Waals surface area (Å²) in [6.07, 6.45) is 2.34. The van der Waals surface area contributed by atoms with E-state index in [0.717, 1.165) is 19.6 Å². The molecule has 1 aliphatic heterocycles. The molecule has 1 fully saturated rings. The number of rotatable bonds is 7. The van der Waals surface area contributed by atoms with Crippen LogP contribution in [0, 0.1) is 0 Å². The average Bonchev–Trinajstić information content (AvgIpc) is 2.55. The second-order valence-electron chi connectivity index (χ2n) is 5.86. The normalized spacial score (nSPS) is 19.6. The van der Waals surface area contributed by atoms with E-state index in [9.17, 15) is 8.42 Å². The Labute approximate surface area is 134 Å². The standard InChI is InChI=1S/C16H27N3O2S/c1-3-22(20,21)17-11-13-18(2)16-10-7-12-19(14-16)15-8-5-4-6-9-15/h4-6,8-9,16-17H,3,7,10-14H2,1-2H3. The van der Waals surface area contributed by atoms with E-state index >= 15 is 0 Å². The molecule has 1 aliphatic rings. The van der Waals surface area contributed by atoms with Crippen LogP contribution in [0.2, 0.25) is 0 Å². The Morgan fingerprint density at radius 1 is 1.32 bits per heavy atom. The van der Waals surface area contributed by atoms with Crippen LogP contribution in [-0.2, 0) is 10.0 Å². The van der Waals surface area contributed by atoms with Gasteiger partial charge < -0.3 is 9.80 Å². The van der Waals surface area contributed by atoms with Crippen LogP contribution in [-0.4, -0.2) is 58.3 Å². The van der Waals surface area contributed by atoms with Gasteiger partial charge in [-0.1, -0.05) is 18.2 Å². The zero-order chi connectivity index (χ0) is 16.0. The van der Waals surface area contributed by atoms with E-state index in [0.29, 0.717) is 12.6 Å². The lowest BCUT2D eigenvalue weighted by molar-refractivity contribution is 0.219. The first-order valence-electron chi connectivity index (χ1n) is 7.99. The number of sulfonamides is 1. The number of nitrogens with one attached hydrogen (secondary N) is 1. The topological polar surface area (TPSA) is 52.7 Å². The summed E-state index contributed by atoms with van der Waals surface area (Å²) in [6, 6.07) is 11.0. The van der Waals surface area contributed by atoms with Crippen molar-refractivity contribution in [2.24, 2.45) is 0 Å². The first-order chi connectivity index (χ1) is 10.5. The molecule has 1 heterocycles. The van der Waals surface area contributed by atoms with Gasteiger partial charge in [-0.3, -0.25) is 0 Å². The molecule has 0 saturated carbocycles. The lowest BCUT2D eigenvalue weighted by Crippen LogP contribution is -2.48. The molecule has 2 rings (SSSR count). The molecule has 5 nitrogen and oxygen atoms in total. The molecule has 0 spiro atoms. The third kappa shape index (κ3) is 4.97. The molecule has 0 amide bonds. The van der Waals surface area contributed by atoms with Gasteiger partial charge in [-0.05, 0) is 38.9 Å². The van der Waals surface area contributed by atoms with Crippen molar-refractivity contribution in [3.05, 3.63) is 30.3 Å². The number of likely N-dealkylation sites (N-methyl/N-ethyl adjacent to an activating group) is 1. The van der Waals surface area contributed by atoms with E-state index in [1.54, 1.807) is 6.92 Å². The van der Waals surface area contributed by atoms with E-state index in [4.69, 9.17) is 0 Å². The van der Waals surface area contributed by atoms with Gasteiger partial charge in [0.2, 0.25) is 10.0 Å². The number of nitrogens with zero attached hydrogens (tertiary/aromatic N) is 2. The van der Waals surface area contributed by atoms with Gasteiger partial charge in [0.1, 0.15) is 0 Å². The second kappa shape index (κ2) is 7.94. The first kappa shape index (κ1) is 17.2. The summed E-state index contributed by atoms with van der Waals surface area (Å²) in [7, 11) is -1.00. The summed E-state index contributed by atoms with van der Waals surface area (Å²) in [4.78, 5) is 4.69. The highest BCUT2D eigenvalue weighted by molar-refractivity contribution is 7.89. The Morgan fingerprint density at radius 2 is 2.05 bits per heavy atom. The molecule has 1 aromatic rings. The maximum absolute atomic E-state index is 11.5. The Balaban J connectivity index is 1.84. The van der Waals surface area contributed by atoms with Gasteiger partial charge in [0.25, 0.3) is 0 Å². The van der Waals surface area contributed by atoms with Crippen LogP contribution in [0.5, 0.6) is 0 Å². The van der Waals surface area contributed by atoms with Gasteiger partial charge in [-0.15, -0.1) is 0 Å². The van der Waals surface area contributed by atoms with Crippen molar-refractivity contribution in [3.8, 4) is 0 Å². The lowest BCUT2D eigenvalue weighted by Gasteiger charge is -2.39. The van der Waals surface area contributed by atoms with Crippen molar-refractivity contribution in [2.75, 3.05) is 43.9 Å². The zero-order valence-corrected chi connectivity index (χ0v) is 14.3. The minimum atomic E-state index is -3.09. The van der Waals surface area contributed by atoms with Crippen LogP contribution < -0.4 is 9.62 Å². The average molecular weight is 325 g/mol. The van der Waals surface area contributed by atoms with Crippen LogP contribution in [0.25, 0.3) is 0 Å². The molecule has 1 unspecified atom stereocenters. The monoisotopic (exact) mass is 325 g/mol. The van der Waals surface area contributed by atoms with Crippen molar-refractivity contribution in [1.82, 2.24) is 9.62 Å². The summed E-state index contributed by atoms with van der Waals surface area (Å²) in [6.45, 7) is 4.98. The van der Waals surface area contributed by atoms with E-state index in [-0.39, 0.29) is 5.75 Å². The maximum Gasteiger partial charge on any atom is 0.211 e. The fourth-order valence-corrected chi connectivity index (χ4v) is 3.46. The van der Waals surface area contributed by atoms with Crippen molar-refractivity contribution >= 4 is 15.7 Å². The Bertz CT molecular complexity index is 548. The molecule has 1 aromatic carbocycles. The number of piperidine rings is 1. The number of hydrogen-bond acceptors (Lipinski definition) is 4. The largest absolute Gasteiger partial charge is 0.370 e. The van der Waals surface area contributed by atoms with Crippen molar-refractivity contribution in [1.29, 1.82) is 0 Å². The molecule has 6 heteroatoms. The molecule has 1 atom stereocenters. The molecule has 1 saturated heterocycles. The smallest absolute Gasteiger partial charge is 0.211 e. The Hall–Kier alpha value is -1.11. The fourth-order valence-electron chi connectivity index (χ4n) is 2.85. The molecule has 1 N–H and O–H groups in total. The zero-order valence-electron chi connectivity index (χ0n) is 13.5. The molecule has 124 valence electrons. The Morgan fingerprint density at radius 3 is 2.73 bits per heavy atom. The minimum absolute atomic E-state index is 0.141. The van der Waals surface area contributed by atoms with Gasteiger partial charge in [0.15, 0.2) is 0 Å². The van der Waals surface area contributed by atoms with Crippen molar-refractivity contribution in [3.63, 3.8) is 0 Å². The number of anilines is 1. The van der Waals surface area contributed by atoms with Gasteiger partial charge in [-0.25, -0.2) is 13.1 Å². The lowest BCUT2D eigenvalue weighted by atomic mass is 10.0. The van der Waals surface area contributed by atoms with Crippen LogP contribution >= 0.6 is 0 Å². The molecule has 22 heavy (non-hydrogen) atoms. The highest BCUT2D eigenvalue weighted by Crippen LogP contribution is 2.21. The minimum Gasteiger partial charge on any atom is -0.370 e. The molecule has 0 radical (unpaired) electrons. The summed E-state index contributed by atoms with van der Waals surface area (Å²) in [5, 5.41) is 0. The van der Waals surface area contributed by atoms with Gasteiger partial charge in [0.05, 0.1) is 5.75 Å². The van der Waals surface area contributed by atoms with Crippen LogP contribution in [0.4, 0.5) is 5.69 Å². The van der Waals surface area contributed by atoms with Crippen LogP contribution in [0.1, 0.15) is 19.8 Å². The summed E-state index contributed by atoms with van der Waals surface area (Å²) < 4.78 is 25.6. The van der Waals surface area contributed by atoms with E-state index in [2.05, 4.69) is 45.8 Å². The SMILES string of the molecule is CCS(=O)(=O)NCCN(C)C1CCCN(c2ccccc2)C1. The van der Waals surface area contributed by atoms with E-state index in [1.165, 1.54) is 18.5 Å². The van der Waals surface area contributed by atoms with Gasteiger partial charge in [-0.2, -0.15) is 0 Å². The highest BCUT2D eigenvalue weighted by atomic mass is 32.2. The summed E-state index contributed by atoms with van der Waals surface area (Å²) in [5.41, 5.74) is 1.27. The quantitative estimate of drug-likeness (QED) is 0.826. The van der Waals surface area contributed by atoms with Crippen LogP contribution in [0.15, 0.2) is 30.3 Å². The molecular weight excluding hydrogens is 298 g/mol. The number of para-hydroxylation sites is 1. The van der Waals surface area contributed by atoms with E-state index in [1.807, 2.05) is 6.07 Å². The van der Waals surface area contributed by atoms with Crippen molar-refractivity contribution in [2.45, 2.75) is 25.8 Å². The maximum atomic E-state index is 11.5. The second-order valence-corrected chi connectivity index (χ2v) is 7.95. The summed E-state index contributed by atoms with van der Waals surface area (Å²) in [5.74, 6) is 0.141. The third-order valence-corrected chi connectivity index (χ3v) is 5.71. The number of hydrogen-bond donors (Lipinski definition) is 1. The van der Waals surface area contributed by atoms with Crippen LogP contribution in [0.3, 0.4) is 0 Å². The predicted molar refractivity (Wildman–Crippen MR) is 91.8 cm³/mol. The van der Waals surface area contributed by atoms with Gasteiger partial charge >= 0.3 is 0 Å². The third-order valence-electron chi connectivity index (χ3n) is 4.31. The van der Waals surface area contributed by atoms with Crippen molar-refractivity contribution < 1.29 is 8.42 Å². The molecular formula is C16H27N3O2S. The highest BCUT2D eigenvalue weighted by Gasteiger charge is 2.23. The molecule has 0 bridgehead atoms. The molecule has 0 aliphatic carbocycles. The predicted octanol–water partition coefficient (Wildman–Crippen LogP) is 1.53. The number of benzene rings is 1. The van der Waals surface area contributed by atoms with Gasteiger partial charge in [0, 0.05) is 37.9 Å². The summed E-state index contributed by atoms with van der Waals surface area (Å²) >= 11 is 0. The Kier molecular flexibility index (Phi) is 6.23. The molecule has 0 aromatic heterocycles. The van der Waals surface area contributed by atoms with E-state index < -0.39 is 10.0 Å². The first-order valence-corrected chi connectivity index (χ1v) is 9.64. The fraction of sp³-hybridized carbons (Fsp3) is 0.625.